The molecule has 0 atom stereocenters. The number of nitrogens with one attached hydrogen (secondary N) is 1. The zero-order valence-electron chi connectivity index (χ0n) is 16.5. The highest BCUT2D eigenvalue weighted by Crippen LogP contribution is 2.35. The summed E-state index contributed by atoms with van der Waals surface area (Å²) in [5.74, 6) is 1.48. The molecule has 0 radical (unpaired) electrons. The second-order valence-corrected chi connectivity index (χ2v) is 8.55. The number of imidazole rings is 1. The van der Waals surface area contributed by atoms with Crippen LogP contribution in [0, 0.1) is 5.41 Å². The number of nitrogens with zero attached hydrogens (tertiary/aromatic N) is 3. The van der Waals surface area contributed by atoms with E-state index in [2.05, 4.69) is 57.1 Å². The van der Waals surface area contributed by atoms with Crippen molar-refractivity contribution in [2.75, 3.05) is 12.4 Å². The van der Waals surface area contributed by atoms with Crippen molar-refractivity contribution in [1.82, 2.24) is 14.4 Å². The van der Waals surface area contributed by atoms with Gasteiger partial charge in [-0.15, -0.1) is 0 Å². The molecule has 0 fully saturated rings. The molecule has 0 saturated carbocycles. The third-order valence-corrected chi connectivity index (χ3v) is 4.18. The SMILES string of the molecule is COc1nccn2c(NC(C)(C)CC(C)(C)C)c(-c3ccccc3)nc12. The van der Waals surface area contributed by atoms with Crippen LogP contribution in [-0.2, 0) is 0 Å². The highest BCUT2D eigenvalue weighted by atomic mass is 16.5. The van der Waals surface area contributed by atoms with Crippen molar-refractivity contribution in [2.24, 2.45) is 5.41 Å². The van der Waals surface area contributed by atoms with Crippen molar-refractivity contribution in [3.8, 4) is 17.1 Å². The van der Waals surface area contributed by atoms with Crippen molar-refractivity contribution < 1.29 is 4.74 Å². The monoisotopic (exact) mass is 352 g/mol. The van der Waals surface area contributed by atoms with Crippen molar-refractivity contribution in [1.29, 1.82) is 0 Å². The van der Waals surface area contributed by atoms with Gasteiger partial charge in [-0.1, -0.05) is 51.1 Å². The molecule has 3 aromatic rings. The lowest BCUT2D eigenvalue weighted by Gasteiger charge is -2.34. The van der Waals surface area contributed by atoms with E-state index in [1.54, 1.807) is 13.3 Å². The van der Waals surface area contributed by atoms with Gasteiger partial charge in [0.2, 0.25) is 5.65 Å². The van der Waals surface area contributed by atoms with Gasteiger partial charge in [0, 0.05) is 23.5 Å². The fourth-order valence-electron chi connectivity index (χ4n) is 3.71. The molecular weight excluding hydrogens is 324 g/mol. The van der Waals surface area contributed by atoms with Crippen molar-refractivity contribution in [3.05, 3.63) is 42.7 Å². The van der Waals surface area contributed by atoms with Crippen LogP contribution in [0.15, 0.2) is 42.7 Å². The third-order valence-electron chi connectivity index (χ3n) is 4.18. The lowest BCUT2D eigenvalue weighted by molar-refractivity contribution is 0.302. The van der Waals surface area contributed by atoms with Gasteiger partial charge in [0.25, 0.3) is 5.88 Å². The molecule has 5 nitrogen and oxygen atoms in total. The van der Waals surface area contributed by atoms with Gasteiger partial charge in [0.15, 0.2) is 0 Å². The Kier molecular flexibility index (Phi) is 4.65. The van der Waals surface area contributed by atoms with Crippen molar-refractivity contribution >= 4 is 11.5 Å². The van der Waals surface area contributed by atoms with Gasteiger partial charge in [0.05, 0.1) is 7.11 Å². The largest absolute Gasteiger partial charge is 0.478 e. The maximum atomic E-state index is 5.42. The van der Waals surface area contributed by atoms with Gasteiger partial charge in [-0.3, -0.25) is 4.40 Å². The molecule has 1 N–H and O–H groups in total. The average Bonchev–Trinajstić information content (AvgIpc) is 2.91. The number of ether oxygens (including phenoxy) is 1. The Morgan fingerprint density at radius 2 is 1.77 bits per heavy atom. The topological polar surface area (TPSA) is 51.5 Å². The Hall–Kier alpha value is -2.56. The Morgan fingerprint density at radius 3 is 2.38 bits per heavy atom. The van der Waals surface area contributed by atoms with Crippen LogP contribution in [0.5, 0.6) is 5.88 Å². The molecule has 0 saturated heterocycles. The number of aromatic nitrogens is 3. The third kappa shape index (κ3) is 3.82. The zero-order chi connectivity index (χ0) is 18.9. The number of rotatable bonds is 5. The summed E-state index contributed by atoms with van der Waals surface area (Å²) in [5, 5.41) is 3.73. The van der Waals surface area contributed by atoms with Gasteiger partial charge < -0.3 is 10.1 Å². The quantitative estimate of drug-likeness (QED) is 0.699. The molecule has 1 aromatic carbocycles. The lowest BCUT2D eigenvalue weighted by Crippen LogP contribution is -2.36. The van der Waals surface area contributed by atoms with Crippen LogP contribution in [0.3, 0.4) is 0 Å². The molecule has 2 heterocycles. The predicted molar refractivity (Wildman–Crippen MR) is 107 cm³/mol. The first-order valence-electron chi connectivity index (χ1n) is 8.95. The summed E-state index contributed by atoms with van der Waals surface area (Å²) < 4.78 is 7.45. The van der Waals surface area contributed by atoms with Gasteiger partial charge in [-0.2, -0.15) is 0 Å². The average molecular weight is 352 g/mol. The summed E-state index contributed by atoms with van der Waals surface area (Å²) >= 11 is 0. The first kappa shape index (κ1) is 18.2. The summed E-state index contributed by atoms with van der Waals surface area (Å²) in [4.78, 5) is 9.14. The van der Waals surface area contributed by atoms with Crippen LogP contribution in [-0.4, -0.2) is 27.0 Å². The van der Waals surface area contributed by atoms with E-state index in [-0.39, 0.29) is 11.0 Å². The first-order valence-corrected chi connectivity index (χ1v) is 8.95. The van der Waals surface area contributed by atoms with E-state index in [0.717, 1.165) is 23.5 Å². The smallest absolute Gasteiger partial charge is 0.258 e. The van der Waals surface area contributed by atoms with Crippen LogP contribution in [0.4, 0.5) is 5.82 Å². The molecule has 138 valence electrons. The lowest BCUT2D eigenvalue weighted by atomic mass is 9.82. The number of hydrogen-bond donors (Lipinski definition) is 1. The molecular formula is C21H28N4O. The van der Waals surface area contributed by atoms with Crippen molar-refractivity contribution in [2.45, 2.75) is 46.6 Å². The fourth-order valence-corrected chi connectivity index (χ4v) is 3.71. The van der Waals surface area contributed by atoms with Crippen molar-refractivity contribution in [3.63, 3.8) is 0 Å². The number of anilines is 1. The molecule has 0 unspecified atom stereocenters. The minimum absolute atomic E-state index is 0.103. The number of methoxy groups -OCH3 is 1. The summed E-state index contributed by atoms with van der Waals surface area (Å²) in [6.07, 6.45) is 4.68. The zero-order valence-corrected chi connectivity index (χ0v) is 16.5. The second kappa shape index (κ2) is 6.63. The van der Waals surface area contributed by atoms with E-state index in [9.17, 15) is 0 Å². The van der Waals surface area contributed by atoms with E-state index in [1.165, 1.54) is 0 Å². The maximum absolute atomic E-state index is 5.42. The second-order valence-electron chi connectivity index (χ2n) is 8.55. The standard InChI is InChI=1S/C21H28N4O/c1-20(2,3)14-21(4,5)24-17-16(15-10-8-7-9-11-15)23-18-19(26-6)22-12-13-25(17)18/h7-13,24H,14H2,1-6H3. The number of hydrogen-bond acceptors (Lipinski definition) is 4. The molecule has 0 bridgehead atoms. The highest BCUT2D eigenvalue weighted by Gasteiger charge is 2.28. The summed E-state index contributed by atoms with van der Waals surface area (Å²) in [5.41, 5.74) is 2.78. The van der Waals surface area contributed by atoms with Gasteiger partial charge >= 0.3 is 0 Å². The minimum Gasteiger partial charge on any atom is -0.478 e. The molecule has 26 heavy (non-hydrogen) atoms. The molecule has 0 aliphatic heterocycles. The minimum atomic E-state index is -0.103. The predicted octanol–water partition coefficient (Wildman–Crippen LogP) is 5.03. The van der Waals surface area contributed by atoms with Crippen LogP contribution in [0.25, 0.3) is 16.9 Å². The van der Waals surface area contributed by atoms with Crippen LogP contribution >= 0.6 is 0 Å². The van der Waals surface area contributed by atoms with E-state index in [0.29, 0.717) is 11.5 Å². The molecule has 0 spiro atoms. The van der Waals surface area contributed by atoms with E-state index in [1.807, 2.05) is 28.8 Å². The molecule has 2 aromatic heterocycles. The van der Waals surface area contributed by atoms with Crippen LogP contribution in [0.1, 0.15) is 41.0 Å². The summed E-state index contributed by atoms with van der Waals surface area (Å²) in [6.45, 7) is 11.2. The molecule has 3 rings (SSSR count). The molecule has 0 amide bonds. The maximum Gasteiger partial charge on any atom is 0.258 e. The van der Waals surface area contributed by atoms with Crippen LogP contribution < -0.4 is 10.1 Å². The Labute approximate surface area is 155 Å². The number of benzene rings is 1. The van der Waals surface area contributed by atoms with Gasteiger partial charge in [-0.05, 0) is 25.7 Å². The Bertz CT molecular complexity index is 892. The van der Waals surface area contributed by atoms with E-state index >= 15 is 0 Å². The Balaban J connectivity index is 2.16. The molecule has 0 aliphatic carbocycles. The Morgan fingerprint density at radius 1 is 1.08 bits per heavy atom. The van der Waals surface area contributed by atoms with E-state index < -0.39 is 0 Å². The first-order chi connectivity index (χ1) is 12.2. The summed E-state index contributed by atoms with van der Waals surface area (Å²) in [7, 11) is 1.62. The van der Waals surface area contributed by atoms with Crippen LogP contribution in [0.2, 0.25) is 0 Å². The number of fused-ring (bicyclic) bond motifs is 1. The molecule has 5 heteroatoms. The van der Waals surface area contributed by atoms with Gasteiger partial charge in [0.1, 0.15) is 11.5 Å². The molecule has 0 aliphatic rings. The fraction of sp³-hybridized carbons (Fsp3) is 0.429. The van der Waals surface area contributed by atoms with Gasteiger partial charge in [-0.25, -0.2) is 9.97 Å². The summed E-state index contributed by atoms with van der Waals surface area (Å²) in [6, 6.07) is 10.2. The van der Waals surface area contributed by atoms with E-state index in [4.69, 9.17) is 9.72 Å². The normalized spacial score (nSPS) is 12.4. The highest BCUT2D eigenvalue weighted by molar-refractivity contribution is 5.78.